The number of halogens is 1. The van der Waals surface area contributed by atoms with Gasteiger partial charge in [0, 0.05) is 35.2 Å². The number of hydrogen-bond acceptors (Lipinski definition) is 10. The Labute approximate surface area is 374 Å². The van der Waals surface area contributed by atoms with Crippen LogP contribution in [0.15, 0.2) is 78.9 Å². The highest BCUT2D eigenvalue weighted by atomic mass is 32.1. The summed E-state index contributed by atoms with van der Waals surface area (Å²) >= 11 is 5.81. The third-order valence-corrected chi connectivity index (χ3v) is 15.6. The standard InChI is InChI=1S/C50H53FO6S4/c1-28(2)24-54-32-15-11-30(12-16-32)26-56-47(52)42-34-21-38(39-23-36(51)46(60-39)37-19-20-40(58-37)49(5,6)7)59-44(34)43(35-22-41(50(8,9)10)61-45(35)42)48(53)57-27-31-13-17-33(18-14-31)55-25-29(3)4/h11-23,28-29H,24-27H2,1-10H3. The first kappa shape index (κ1) is 44.5. The molecular weight excluding hydrogens is 844 g/mol. The van der Waals surface area contributed by atoms with E-state index in [0.717, 1.165) is 37.3 Å². The molecule has 0 spiro atoms. The molecule has 0 N–H and O–H groups in total. The molecule has 0 aliphatic rings. The van der Waals surface area contributed by atoms with Gasteiger partial charge in [-0.25, -0.2) is 14.0 Å². The molecule has 0 radical (unpaired) electrons. The lowest BCUT2D eigenvalue weighted by atomic mass is 9.93. The number of thiophene rings is 4. The van der Waals surface area contributed by atoms with Crippen molar-refractivity contribution in [2.45, 2.75) is 93.3 Å². The number of benzene rings is 3. The molecule has 0 saturated carbocycles. The van der Waals surface area contributed by atoms with Gasteiger partial charge in [0.1, 0.15) is 30.5 Å². The highest BCUT2D eigenvalue weighted by Crippen LogP contribution is 2.49. The van der Waals surface area contributed by atoms with Crippen molar-refractivity contribution in [3.63, 3.8) is 0 Å². The highest BCUT2D eigenvalue weighted by Gasteiger charge is 2.31. The van der Waals surface area contributed by atoms with E-state index in [1.54, 1.807) is 17.4 Å². The van der Waals surface area contributed by atoms with Crippen molar-refractivity contribution in [1.29, 1.82) is 0 Å². The van der Waals surface area contributed by atoms with Crippen LogP contribution in [0, 0.1) is 17.7 Å². The summed E-state index contributed by atoms with van der Waals surface area (Å²) in [4.78, 5) is 34.1. The predicted octanol–water partition coefficient (Wildman–Crippen LogP) is 15.1. The van der Waals surface area contributed by atoms with E-state index in [2.05, 4.69) is 75.3 Å². The molecule has 11 heteroatoms. The summed E-state index contributed by atoms with van der Waals surface area (Å²) in [7, 11) is 0. The number of rotatable bonds is 14. The maximum absolute atomic E-state index is 15.9. The molecule has 61 heavy (non-hydrogen) atoms. The minimum absolute atomic E-state index is 0.0444. The minimum Gasteiger partial charge on any atom is -0.493 e. The van der Waals surface area contributed by atoms with Gasteiger partial charge in [-0.15, -0.1) is 45.3 Å². The third kappa shape index (κ3) is 10.2. The summed E-state index contributed by atoms with van der Waals surface area (Å²) < 4.78 is 41.0. The summed E-state index contributed by atoms with van der Waals surface area (Å²) in [6.07, 6.45) is 0. The molecule has 0 aliphatic heterocycles. The van der Waals surface area contributed by atoms with E-state index in [4.69, 9.17) is 18.9 Å². The first-order valence-corrected chi connectivity index (χ1v) is 23.8. The molecule has 320 valence electrons. The van der Waals surface area contributed by atoms with Gasteiger partial charge in [0.05, 0.1) is 38.6 Å². The Morgan fingerprint density at radius 1 is 0.557 bits per heavy atom. The second kappa shape index (κ2) is 18.0. The zero-order valence-corrected chi connectivity index (χ0v) is 39.7. The van der Waals surface area contributed by atoms with Crippen LogP contribution in [0.4, 0.5) is 4.39 Å². The molecule has 0 fully saturated rings. The van der Waals surface area contributed by atoms with Gasteiger partial charge in [-0.2, -0.15) is 0 Å². The zero-order valence-electron chi connectivity index (χ0n) is 36.4. The van der Waals surface area contributed by atoms with Crippen LogP contribution < -0.4 is 9.47 Å². The number of fused-ring (bicyclic) bond motifs is 2. The van der Waals surface area contributed by atoms with E-state index in [-0.39, 0.29) is 29.9 Å². The predicted molar refractivity (Wildman–Crippen MR) is 253 cm³/mol. The number of ether oxygens (including phenoxy) is 4. The van der Waals surface area contributed by atoms with Gasteiger partial charge in [0.15, 0.2) is 0 Å². The molecule has 7 aromatic rings. The van der Waals surface area contributed by atoms with E-state index < -0.39 is 11.9 Å². The van der Waals surface area contributed by atoms with Crippen molar-refractivity contribution in [3.8, 4) is 31.0 Å². The van der Waals surface area contributed by atoms with Crippen molar-refractivity contribution in [2.75, 3.05) is 13.2 Å². The van der Waals surface area contributed by atoms with Crippen LogP contribution in [0.3, 0.4) is 0 Å². The van der Waals surface area contributed by atoms with Gasteiger partial charge in [-0.1, -0.05) is 93.5 Å². The largest absolute Gasteiger partial charge is 0.493 e. The van der Waals surface area contributed by atoms with Crippen LogP contribution in [0.25, 0.3) is 39.7 Å². The Balaban J connectivity index is 1.30. The molecular formula is C50H53FO6S4. The van der Waals surface area contributed by atoms with Gasteiger partial charge in [0.2, 0.25) is 0 Å². The van der Waals surface area contributed by atoms with E-state index >= 15 is 4.39 Å². The fourth-order valence-electron chi connectivity index (χ4n) is 6.52. The van der Waals surface area contributed by atoms with Crippen molar-refractivity contribution >= 4 is 77.5 Å². The lowest BCUT2D eigenvalue weighted by Gasteiger charge is -2.15. The topological polar surface area (TPSA) is 71.1 Å². The van der Waals surface area contributed by atoms with Gasteiger partial charge in [0.25, 0.3) is 0 Å². The SMILES string of the molecule is CC(C)COc1ccc(COC(=O)c2c3cc(C(C)(C)C)sc3c(C(=O)OCc3ccc(OCC(C)C)cc3)c3cc(-c4cc(F)c(-c5ccc(C(C)(C)C)s5)s4)sc23)cc1. The molecule has 3 aromatic carbocycles. The Hall–Kier alpha value is -4.55. The van der Waals surface area contributed by atoms with Crippen LogP contribution in [0.1, 0.15) is 111 Å². The molecule has 6 nitrogen and oxygen atoms in total. The minimum atomic E-state index is -0.507. The summed E-state index contributed by atoms with van der Waals surface area (Å²) in [5.74, 6) is 0.974. The second-order valence-electron chi connectivity index (χ2n) is 18.3. The number of carbonyl (C=O) groups excluding carboxylic acids is 2. The van der Waals surface area contributed by atoms with Crippen LogP contribution in [0.2, 0.25) is 0 Å². The van der Waals surface area contributed by atoms with E-state index in [9.17, 15) is 9.59 Å². The van der Waals surface area contributed by atoms with E-state index in [1.807, 2.05) is 66.7 Å². The fraction of sp³-hybridized carbons (Fsp3) is 0.360. The Bertz CT molecular complexity index is 2540. The number of hydrogen-bond donors (Lipinski definition) is 0. The van der Waals surface area contributed by atoms with Crippen molar-refractivity contribution < 1.29 is 32.9 Å². The molecule has 0 unspecified atom stereocenters. The quantitative estimate of drug-likeness (QED) is 0.101. The lowest BCUT2D eigenvalue weighted by Crippen LogP contribution is -2.10. The van der Waals surface area contributed by atoms with Crippen LogP contribution in [-0.2, 0) is 33.5 Å². The summed E-state index contributed by atoms with van der Waals surface area (Å²) in [5.41, 5.74) is 2.05. The molecule has 4 heterocycles. The maximum Gasteiger partial charge on any atom is 0.340 e. The van der Waals surface area contributed by atoms with Crippen molar-refractivity contribution in [1.82, 2.24) is 0 Å². The van der Waals surface area contributed by atoms with Crippen LogP contribution in [-0.4, -0.2) is 25.2 Å². The van der Waals surface area contributed by atoms with Crippen LogP contribution >= 0.6 is 45.3 Å². The maximum atomic E-state index is 15.9. The summed E-state index contributed by atoms with van der Waals surface area (Å²) in [5, 5.41) is 1.19. The smallest absolute Gasteiger partial charge is 0.340 e. The Morgan fingerprint density at radius 3 is 1.51 bits per heavy atom. The van der Waals surface area contributed by atoms with E-state index in [0.29, 0.717) is 66.1 Å². The van der Waals surface area contributed by atoms with Gasteiger partial charge >= 0.3 is 11.9 Å². The summed E-state index contributed by atoms with van der Waals surface area (Å²) in [6, 6.07) is 24.6. The molecule has 0 aliphatic carbocycles. The molecule has 0 bridgehead atoms. The average Bonchev–Trinajstić information content (AvgIpc) is 4.02. The molecule has 0 saturated heterocycles. The van der Waals surface area contributed by atoms with Crippen molar-refractivity contribution in [3.05, 3.63) is 117 Å². The van der Waals surface area contributed by atoms with Gasteiger partial charge in [-0.3, -0.25) is 0 Å². The first-order chi connectivity index (χ1) is 28.8. The molecule has 0 amide bonds. The fourth-order valence-corrected chi connectivity index (χ4v) is 11.3. The zero-order chi connectivity index (χ0) is 43.8. The van der Waals surface area contributed by atoms with E-state index in [1.165, 1.54) is 38.9 Å². The van der Waals surface area contributed by atoms with Crippen LogP contribution in [0.5, 0.6) is 11.5 Å². The average molecular weight is 897 g/mol. The molecule has 7 rings (SSSR count). The molecule has 0 atom stereocenters. The monoisotopic (exact) mass is 896 g/mol. The second-order valence-corrected chi connectivity index (χ2v) is 22.5. The third-order valence-electron chi connectivity index (χ3n) is 9.86. The van der Waals surface area contributed by atoms with Gasteiger partial charge in [-0.05, 0) is 88.4 Å². The highest BCUT2D eigenvalue weighted by molar-refractivity contribution is 7.29. The molecule has 4 aromatic heterocycles. The summed E-state index contributed by atoms with van der Waals surface area (Å²) in [6.45, 7) is 22.5. The first-order valence-electron chi connectivity index (χ1n) is 20.6. The lowest BCUT2D eigenvalue weighted by molar-refractivity contribution is 0.0465. The number of carbonyl (C=O) groups is 2. The Kier molecular flexibility index (Phi) is 13.2. The van der Waals surface area contributed by atoms with Crippen molar-refractivity contribution in [2.24, 2.45) is 11.8 Å². The Morgan fingerprint density at radius 2 is 1.03 bits per heavy atom. The number of esters is 2. The van der Waals surface area contributed by atoms with Gasteiger partial charge < -0.3 is 18.9 Å². The normalized spacial score (nSPS) is 12.2.